The minimum absolute atomic E-state index is 0.00909. The fraction of sp³-hybridized carbons (Fsp3) is 0.500. The van der Waals surface area contributed by atoms with Crippen molar-refractivity contribution in [3.05, 3.63) is 93.0 Å². The van der Waals surface area contributed by atoms with Gasteiger partial charge in [0.1, 0.15) is 41.4 Å². The summed E-state index contributed by atoms with van der Waals surface area (Å²) in [4.78, 5) is 29.6. The highest BCUT2D eigenvalue weighted by molar-refractivity contribution is 7.85. The lowest BCUT2D eigenvalue weighted by atomic mass is 9.93. The van der Waals surface area contributed by atoms with Crippen LogP contribution < -0.4 is 15.4 Å². The Hall–Kier alpha value is -5.14. The van der Waals surface area contributed by atoms with Crippen molar-refractivity contribution in [2.75, 3.05) is 30.1 Å². The monoisotopic (exact) mass is 1090 g/mol. The molecule has 13 nitrogen and oxygen atoms in total. The van der Waals surface area contributed by atoms with Crippen molar-refractivity contribution in [1.29, 1.82) is 0 Å². The van der Waals surface area contributed by atoms with E-state index < -0.39 is 119 Å². The number of amides is 1. The van der Waals surface area contributed by atoms with E-state index in [9.17, 15) is 53.1 Å². The number of aromatic nitrogens is 5. The number of nitrogens with one attached hydrogen (secondary N) is 1. The van der Waals surface area contributed by atoms with E-state index >= 15 is 8.78 Å². The molecule has 3 unspecified atom stereocenters. The Kier molecular flexibility index (Phi) is 18.1. The highest BCUT2D eigenvalue weighted by Crippen LogP contribution is 2.68. The number of alkyl halides is 8. The first kappa shape index (κ1) is 57.8. The van der Waals surface area contributed by atoms with Crippen LogP contribution in [0.25, 0.3) is 22.0 Å². The fourth-order valence-electron chi connectivity index (χ4n) is 7.65. The van der Waals surface area contributed by atoms with Crippen molar-refractivity contribution in [3.63, 3.8) is 0 Å². The number of rotatable bonds is 15. The van der Waals surface area contributed by atoms with Crippen LogP contribution in [0.3, 0.4) is 0 Å². The lowest BCUT2D eigenvalue weighted by Gasteiger charge is -2.24. The SMILES string of the molecule is CC(C)CN.CCc1ccc(-c2ccc(Cl)c3c(N(COC=O)S(C)=O)nn(CC(F)(F)F)c23)c(C(Cc2cc(F)cc(F)c2)NC(=O)Cn2nc(C(F)(F)F)c3c2C(F)(F)[C@@H]2C[C@H]32)n1.CS(=O)C(C)(C)C. The van der Waals surface area contributed by atoms with Gasteiger partial charge in [0.25, 0.3) is 12.4 Å². The van der Waals surface area contributed by atoms with Crippen LogP contribution in [-0.2, 0) is 74.1 Å². The number of ether oxygens (including phenoxy) is 1. The molecule has 0 spiro atoms. The summed E-state index contributed by atoms with van der Waals surface area (Å²) < 4.78 is 174. The molecule has 5 atom stereocenters. The zero-order valence-corrected chi connectivity index (χ0v) is 42.5. The van der Waals surface area contributed by atoms with E-state index in [4.69, 9.17) is 22.1 Å². The summed E-state index contributed by atoms with van der Waals surface area (Å²) in [7, 11) is -2.74. The first-order chi connectivity index (χ1) is 33.3. The third-order valence-electron chi connectivity index (χ3n) is 11.4. The van der Waals surface area contributed by atoms with Crippen LogP contribution in [-0.4, -0.2) is 82.1 Å². The molecule has 3 N–H and O–H groups in total. The number of halogens is 11. The second-order valence-electron chi connectivity index (χ2n) is 18.3. The number of pyridine rings is 1. The molecule has 7 rings (SSSR count). The summed E-state index contributed by atoms with van der Waals surface area (Å²) >= 11 is 6.58. The van der Waals surface area contributed by atoms with Crippen LogP contribution in [0.2, 0.25) is 5.02 Å². The third-order valence-corrected chi connectivity index (χ3v) is 14.4. The maximum Gasteiger partial charge on any atom is 0.435 e. The molecule has 2 aromatic carbocycles. The third kappa shape index (κ3) is 13.5. The number of carbonyl (C=O) groups is 2. The quantitative estimate of drug-likeness (QED) is 0.0590. The second-order valence-corrected chi connectivity index (χ2v) is 22.2. The van der Waals surface area contributed by atoms with E-state index in [0.29, 0.717) is 22.4 Å². The molecule has 2 aliphatic carbocycles. The van der Waals surface area contributed by atoms with Crippen molar-refractivity contribution in [1.82, 2.24) is 29.9 Å². The Morgan fingerprint density at radius 1 is 1.00 bits per heavy atom. The van der Waals surface area contributed by atoms with Crippen molar-refractivity contribution in [2.45, 2.75) is 109 Å². The van der Waals surface area contributed by atoms with Gasteiger partial charge in [0.05, 0.1) is 27.7 Å². The molecule has 72 heavy (non-hydrogen) atoms. The normalized spacial score (nSPS) is 17.2. The van der Waals surface area contributed by atoms with Crippen LogP contribution >= 0.6 is 11.6 Å². The summed E-state index contributed by atoms with van der Waals surface area (Å²) in [5.41, 5.74) is 1.61. The Balaban J connectivity index is 0.000000716. The zero-order valence-electron chi connectivity index (χ0n) is 40.2. The number of nitrogens with zero attached hydrogens (tertiary/aromatic N) is 6. The number of hydrogen-bond acceptors (Lipinski definition) is 9. The van der Waals surface area contributed by atoms with Crippen LogP contribution in [0, 0.1) is 23.5 Å². The van der Waals surface area contributed by atoms with Gasteiger partial charge in [-0.05, 0) is 88.2 Å². The maximum atomic E-state index is 15.4. The van der Waals surface area contributed by atoms with Crippen molar-refractivity contribution >= 4 is 62.5 Å². The molecule has 3 aromatic heterocycles. The van der Waals surface area contributed by atoms with Crippen molar-refractivity contribution < 1.29 is 66.6 Å². The zero-order chi connectivity index (χ0) is 54.0. The van der Waals surface area contributed by atoms with E-state index in [0.717, 1.165) is 29.2 Å². The summed E-state index contributed by atoms with van der Waals surface area (Å²) in [6, 6.07) is 6.39. The number of hydrogen-bond donors (Lipinski definition) is 2. The average Bonchev–Trinajstić information content (AvgIpc) is 3.77. The van der Waals surface area contributed by atoms with E-state index in [1.165, 1.54) is 24.3 Å². The fourth-order valence-corrected chi connectivity index (χ4v) is 8.47. The van der Waals surface area contributed by atoms with Crippen LogP contribution in [0.5, 0.6) is 0 Å². The molecule has 2 aliphatic rings. The van der Waals surface area contributed by atoms with Gasteiger partial charge in [-0.1, -0.05) is 44.5 Å². The molecule has 396 valence electrons. The molecule has 3 heterocycles. The molecule has 5 aromatic rings. The van der Waals surface area contributed by atoms with Gasteiger partial charge in [-0.3, -0.25) is 28.1 Å². The first-order valence-electron chi connectivity index (χ1n) is 22.1. The summed E-state index contributed by atoms with van der Waals surface area (Å²) in [5.74, 6) is -9.20. The molecule has 0 radical (unpaired) electrons. The van der Waals surface area contributed by atoms with Gasteiger partial charge in [-0.25, -0.2) is 17.3 Å². The largest absolute Gasteiger partial charge is 0.445 e. The number of aryl methyl sites for hydroxylation is 1. The molecule has 0 bridgehead atoms. The minimum atomic E-state index is -5.13. The molecule has 1 saturated carbocycles. The summed E-state index contributed by atoms with van der Waals surface area (Å²) in [6.45, 7) is 8.97. The Labute approximate surface area is 418 Å². The van der Waals surface area contributed by atoms with Gasteiger partial charge < -0.3 is 15.8 Å². The molecule has 26 heteroatoms. The predicted octanol–water partition coefficient (Wildman–Crippen LogP) is 9.67. The van der Waals surface area contributed by atoms with E-state index in [1.54, 1.807) is 13.2 Å². The first-order valence-corrected chi connectivity index (χ1v) is 25.6. The van der Waals surface area contributed by atoms with Gasteiger partial charge in [0.15, 0.2) is 18.2 Å². The lowest BCUT2D eigenvalue weighted by molar-refractivity contribution is -0.143. The average molecular weight is 1090 g/mol. The van der Waals surface area contributed by atoms with Gasteiger partial charge in [-0.2, -0.15) is 45.3 Å². The standard InChI is InChI=1S/C37H30ClF10N7O4S.C5H12OS.C4H11N/c1-3-20-4-5-21(22-6-7-25(38)29-31(22)54(14-35(41,42)43)52-34(29)55(60(2)58)15-59-16-56)30(49-20)26(10-17-8-18(39)11-19(40)9-17)50-27(57)13-53-33-28(32(51-53)37(46,47)48)23-12-24(23)36(33,44)45;1-5(2,3)7(4)6;1-4(2)3-5/h4-9,11,16,23-24,26H,3,10,12-15H2,1-2H3,(H,50,57);1-4H3;4H,3,5H2,1-2H3/t23-,24+,26?,60?;;/m0../s1. The number of carbonyl (C=O) groups excluding carboxylic acids is 2. The van der Waals surface area contributed by atoms with Gasteiger partial charge in [-0.15, -0.1) is 0 Å². The topological polar surface area (TPSA) is 167 Å². The molecule has 1 amide bonds. The number of nitrogens with two attached hydrogens (primary N) is 1. The number of benzene rings is 2. The Morgan fingerprint density at radius 2 is 1.60 bits per heavy atom. The van der Waals surface area contributed by atoms with E-state index in [-0.39, 0.29) is 72.9 Å². The number of anilines is 1. The number of fused-ring (bicyclic) bond motifs is 4. The lowest BCUT2D eigenvalue weighted by Crippen LogP contribution is -2.35. The van der Waals surface area contributed by atoms with E-state index in [1.807, 2.05) is 20.8 Å². The second kappa shape index (κ2) is 22.5. The predicted molar refractivity (Wildman–Crippen MR) is 253 cm³/mol. The van der Waals surface area contributed by atoms with Gasteiger partial charge in [0.2, 0.25) is 5.91 Å². The summed E-state index contributed by atoms with van der Waals surface area (Å²) in [6.07, 6.45) is -7.63. The highest BCUT2D eigenvalue weighted by atomic mass is 35.5. The molecular weight excluding hydrogens is 1030 g/mol. The van der Waals surface area contributed by atoms with Gasteiger partial charge >= 0.3 is 12.4 Å². The molecular formula is C46H53ClF10N8O5S2. The Bertz CT molecular complexity index is 2810. The molecule has 0 saturated heterocycles. The smallest absolute Gasteiger partial charge is 0.435 e. The highest BCUT2D eigenvalue weighted by Gasteiger charge is 2.68. The van der Waals surface area contributed by atoms with E-state index in [2.05, 4.69) is 34.3 Å². The van der Waals surface area contributed by atoms with Crippen LogP contribution in [0.4, 0.5) is 49.7 Å². The van der Waals surface area contributed by atoms with Crippen LogP contribution in [0.15, 0.2) is 42.5 Å². The maximum absolute atomic E-state index is 15.4. The summed E-state index contributed by atoms with van der Waals surface area (Å²) in [5, 5.41) is 9.64. The van der Waals surface area contributed by atoms with Gasteiger partial charge in [0, 0.05) is 62.4 Å². The van der Waals surface area contributed by atoms with Crippen molar-refractivity contribution in [3.8, 4) is 11.1 Å². The van der Waals surface area contributed by atoms with Crippen LogP contribution in [0.1, 0.15) is 93.8 Å². The van der Waals surface area contributed by atoms with Crippen molar-refractivity contribution in [2.24, 2.45) is 17.6 Å². The molecule has 0 aliphatic heterocycles. The Morgan fingerprint density at radius 3 is 2.11 bits per heavy atom. The molecule has 1 fully saturated rings. The minimum Gasteiger partial charge on any atom is -0.445 e.